The van der Waals surface area contributed by atoms with Crippen molar-refractivity contribution in [2.24, 2.45) is 0 Å². The van der Waals surface area contributed by atoms with E-state index in [1.165, 1.54) is 0 Å². The fourth-order valence-corrected chi connectivity index (χ4v) is 2.99. The van der Waals surface area contributed by atoms with Crippen molar-refractivity contribution in [1.29, 1.82) is 0 Å². The van der Waals surface area contributed by atoms with Gasteiger partial charge in [-0.25, -0.2) is 0 Å². The highest BCUT2D eigenvalue weighted by Gasteiger charge is 2.19. The van der Waals surface area contributed by atoms with E-state index >= 15 is 0 Å². The fraction of sp³-hybridized carbons (Fsp3) is 0.364. The van der Waals surface area contributed by atoms with Crippen LogP contribution < -0.4 is 15.5 Å². The number of hydrogen-bond donors (Lipinski definition) is 2. The van der Waals surface area contributed by atoms with Crippen LogP contribution in [0.15, 0.2) is 48.5 Å². The molecule has 0 heterocycles. The quantitative estimate of drug-likeness (QED) is 0.723. The van der Waals surface area contributed by atoms with Crippen molar-refractivity contribution in [3.05, 3.63) is 59.7 Å². The number of carbonyl (C=O) groups is 2. The number of likely N-dealkylation sites (N-methyl/N-ethyl adjacent to an activating group) is 1. The second kappa shape index (κ2) is 9.90. The molecule has 1 atom stereocenters. The molecular formula is C22H30N4O2. The lowest BCUT2D eigenvalue weighted by molar-refractivity contribution is -0.136. The van der Waals surface area contributed by atoms with E-state index in [4.69, 9.17) is 0 Å². The van der Waals surface area contributed by atoms with Gasteiger partial charge in [-0.05, 0) is 49.8 Å². The number of hydrogen-bond acceptors (Lipinski definition) is 4. The Balaban J connectivity index is 2.00. The summed E-state index contributed by atoms with van der Waals surface area (Å²) in [5.41, 5.74) is 3.86. The predicted molar refractivity (Wildman–Crippen MR) is 115 cm³/mol. The van der Waals surface area contributed by atoms with E-state index in [9.17, 15) is 9.59 Å². The molecule has 2 aromatic rings. The van der Waals surface area contributed by atoms with E-state index < -0.39 is 11.8 Å². The Hall–Kier alpha value is -2.86. The van der Waals surface area contributed by atoms with Crippen LogP contribution in [-0.4, -0.2) is 51.4 Å². The zero-order valence-corrected chi connectivity index (χ0v) is 17.3. The molecule has 150 valence electrons. The molecule has 0 saturated heterocycles. The van der Waals surface area contributed by atoms with Crippen molar-refractivity contribution in [1.82, 2.24) is 10.2 Å². The first-order valence-corrected chi connectivity index (χ1v) is 9.44. The first kappa shape index (κ1) is 21.4. The summed E-state index contributed by atoms with van der Waals surface area (Å²) in [5, 5.41) is 5.46. The van der Waals surface area contributed by atoms with Crippen LogP contribution in [0.1, 0.15) is 24.1 Å². The van der Waals surface area contributed by atoms with Gasteiger partial charge in [-0.3, -0.25) is 9.59 Å². The Kier molecular flexibility index (Phi) is 7.58. The lowest BCUT2D eigenvalue weighted by Crippen LogP contribution is -2.40. The van der Waals surface area contributed by atoms with Gasteiger partial charge in [-0.15, -0.1) is 0 Å². The van der Waals surface area contributed by atoms with Crippen LogP contribution >= 0.6 is 0 Å². The predicted octanol–water partition coefficient (Wildman–Crippen LogP) is 2.67. The number of amides is 2. The van der Waals surface area contributed by atoms with Crippen molar-refractivity contribution in [3.8, 4) is 0 Å². The Morgan fingerprint density at radius 1 is 0.929 bits per heavy atom. The van der Waals surface area contributed by atoms with Crippen LogP contribution in [0.2, 0.25) is 0 Å². The highest BCUT2D eigenvalue weighted by molar-refractivity contribution is 6.39. The van der Waals surface area contributed by atoms with Gasteiger partial charge in [-0.2, -0.15) is 0 Å². The first-order chi connectivity index (χ1) is 13.3. The third-order valence-electron chi connectivity index (χ3n) is 4.73. The summed E-state index contributed by atoms with van der Waals surface area (Å²) in [6, 6.07) is 15.6. The minimum Gasteiger partial charge on any atom is -0.378 e. The number of rotatable bonds is 7. The molecule has 0 aromatic heterocycles. The van der Waals surface area contributed by atoms with Crippen LogP contribution in [-0.2, 0) is 16.0 Å². The van der Waals surface area contributed by atoms with Crippen molar-refractivity contribution < 1.29 is 9.59 Å². The molecule has 0 bridgehead atoms. The van der Waals surface area contributed by atoms with Gasteiger partial charge < -0.3 is 20.4 Å². The van der Waals surface area contributed by atoms with E-state index in [2.05, 4.69) is 10.6 Å². The average Bonchev–Trinajstić information content (AvgIpc) is 2.68. The van der Waals surface area contributed by atoms with Gasteiger partial charge in [0.15, 0.2) is 0 Å². The summed E-state index contributed by atoms with van der Waals surface area (Å²) in [7, 11) is 7.89. The standard InChI is InChI=1S/C22H30N4O2/c1-6-16-9-7-8-10-19(16)24-22(28)21(27)23-15-20(26(4)5)17-11-13-18(14-12-17)25(2)3/h7-14,20H,6,15H2,1-5H3,(H,23,27)(H,24,28). The molecule has 28 heavy (non-hydrogen) atoms. The van der Waals surface area contributed by atoms with E-state index in [0.717, 1.165) is 23.2 Å². The third kappa shape index (κ3) is 5.57. The van der Waals surface area contributed by atoms with E-state index in [1.54, 1.807) is 6.07 Å². The van der Waals surface area contributed by atoms with Crippen LogP contribution in [0.4, 0.5) is 11.4 Å². The second-order valence-corrected chi connectivity index (χ2v) is 7.14. The lowest BCUT2D eigenvalue weighted by atomic mass is 10.1. The molecule has 0 aliphatic carbocycles. The van der Waals surface area contributed by atoms with E-state index in [-0.39, 0.29) is 6.04 Å². The van der Waals surface area contributed by atoms with Crippen molar-refractivity contribution in [2.75, 3.05) is 45.0 Å². The molecule has 2 amide bonds. The van der Waals surface area contributed by atoms with Gasteiger partial charge in [0.2, 0.25) is 0 Å². The maximum Gasteiger partial charge on any atom is 0.313 e. The van der Waals surface area contributed by atoms with Gasteiger partial charge in [-0.1, -0.05) is 37.3 Å². The third-order valence-corrected chi connectivity index (χ3v) is 4.73. The van der Waals surface area contributed by atoms with Crippen LogP contribution in [0, 0.1) is 0 Å². The van der Waals surface area contributed by atoms with Crippen LogP contribution in [0.5, 0.6) is 0 Å². The molecule has 2 N–H and O–H groups in total. The van der Waals surface area contributed by atoms with Gasteiger partial charge >= 0.3 is 11.8 Å². The first-order valence-electron chi connectivity index (χ1n) is 9.44. The monoisotopic (exact) mass is 382 g/mol. The maximum absolute atomic E-state index is 12.3. The van der Waals surface area contributed by atoms with Crippen molar-refractivity contribution in [3.63, 3.8) is 0 Å². The summed E-state index contributed by atoms with van der Waals surface area (Å²) < 4.78 is 0. The summed E-state index contributed by atoms with van der Waals surface area (Å²) >= 11 is 0. The minimum absolute atomic E-state index is 0.0316. The van der Waals surface area contributed by atoms with E-state index in [0.29, 0.717) is 12.2 Å². The molecule has 0 saturated carbocycles. The SMILES string of the molecule is CCc1ccccc1NC(=O)C(=O)NCC(c1ccc(N(C)C)cc1)N(C)C. The molecule has 1 unspecified atom stereocenters. The molecule has 6 heteroatoms. The molecule has 0 radical (unpaired) electrons. The van der Waals surface area contributed by atoms with E-state index in [1.807, 2.05) is 87.4 Å². The summed E-state index contributed by atoms with van der Waals surface area (Å²) in [5.74, 6) is -1.29. The number of benzene rings is 2. The number of para-hydroxylation sites is 1. The van der Waals surface area contributed by atoms with Crippen molar-refractivity contribution in [2.45, 2.75) is 19.4 Å². The molecule has 2 aromatic carbocycles. The second-order valence-electron chi connectivity index (χ2n) is 7.14. The maximum atomic E-state index is 12.3. The Morgan fingerprint density at radius 2 is 1.57 bits per heavy atom. The lowest BCUT2D eigenvalue weighted by Gasteiger charge is -2.25. The normalized spacial score (nSPS) is 11.8. The van der Waals surface area contributed by atoms with Gasteiger partial charge in [0, 0.05) is 32.0 Å². The van der Waals surface area contributed by atoms with Gasteiger partial charge in [0.1, 0.15) is 0 Å². The van der Waals surface area contributed by atoms with Crippen LogP contribution in [0.3, 0.4) is 0 Å². The molecule has 0 aliphatic heterocycles. The van der Waals surface area contributed by atoms with Crippen molar-refractivity contribution >= 4 is 23.2 Å². The smallest absolute Gasteiger partial charge is 0.313 e. The highest BCUT2D eigenvalue weighted by atomic mass is 16.2. The number of carbonyl (C=O) groups excluding carboxylic acids is 2. The number of aryl methyl sites for hydroxylation is 1. The Morgan fingerprint density at radius 3 is 2.14 bits per heavy atom. The summed E-state index contributed by atoms with van der Waals surface area (Å²) in [4.78, 5) is 28.6. The van der Waals surface area contributed by atoms with Crippen LogP contribution in [0.25, 0.3) is 0 Å². The number of anilines is 2. The summed E-state index contributed by atoms with van der Waals surface area (Å²) in [6.07, 6.45) is 0.781. The Labute approximate surface area is 167 Å². The highest BCUT2D eigenvalue weighted by Crippen LogP contribution is 2.21. The number of nitrogens with one attached hydrogen (secondary N) is 2. The molecule has 6 nitrogen and oxygen atoms in total. The minimum atomic E-state index is -0.652. The molecule has 2 rings (SSSR count). The van der Waals surface area contributed by atoms with Gasteiger partial charge in [0.05, 0.1) is 6.04 Å². The number of nitrogens with zero attached hydrogens (tertiary/aromatic N) is 2. The molecule has 0 fully saturated rings. The van der Waals surface area contributed by atoms with Gasteiger partial charge in [0.25, 0.3) is 0 Å². The average molecular weight is 383 g/mol. The molecule has 0 spiro atoms. The molecular weight excluding hydrogens is 352 g/mol. The summed E-state index contributed by atoms with van der Waals surface area (Å²) in [6.45, 7) is 2.35. The molecule has 0 aliphatic rings. The fourth-order valence-electron chi connectivity index (χ4n) is 2.99. The zero-order valence-electron chi connectivity index (χ0n) is 17.3. The Bertz CT molecular complexity index is 800. The largest absolute Gasteiger partial charge is 0.378 e. The topological polar surface area (TPSA) is 64.7 Å². The zero-order chi connectivity index (χ0) is 20.7.